The Morgan fingerprint density at radius 1 is 1.00 bits per heavy atom. The van der Waals surface area contributed by atoms with Crippen molar-refractivity contribution in [2.75, 3.05) is 0 Å². The van der Waals surface area contributed by atoms with Crippen LogP contribution in [0.1, 0.15) is 0 Å². The zero-order valence-corrected chi connectivity index (χ0v) is 8.31. The van der Waals surface area contributed by atoms with Crippen LogP contribution in [0.3, 0.4) is 0 Å². The normalized spacial score (nSPS) is 10.4. The van der Waals surface area contributed by atoms with Crippen molar-refractivity contribution in [2.24, 2.45) is 0 Å². The van der Waals surface area contributed by atoms with E-state index in [9.17, 15) is 8.78 Å². The summed E-state index contributed by atoms with van der Waals surface area (Å²) in [4.78, 5) is 3.70. The van der Waals surface area contributed by atoms with Crippen molar-refractivity contribution >= 4 is 0 Å². The summed E-state index contributed by atoms with van der Waals surface area (Å²) in [5.74, 6) is -0.0728. The predicted octanol–water partition coefficient (Wildman–Crippen LogP) is 3.35. The summed E-state index contributed by atoms with van der Waals surface area (Å²) in [6, 6.07) is 12.7. The molecule has 0 aliphatic heterocycles. The molecule has 0 unspecified atom stereocenters. The van der Waals surface area contributed by atoms with E-state index in [1.165, 1.54) is 12.3 Å². The van der Waals surface area contributed by atoms with Gasteiger partial charge in [-0.1, -0.05) is 30.3 Å². The SMILES string of the molecule is FC(F)Oc1cc(-c2ccccc2)ccn1. The lowest BCUT2D eigenvalue weighted by Crippen LogP contribution is -2.03. The van der Waals surface area contributed by atoms with E-state index < -0.39 is 6.61 Å². The molecule has 0 spiro atoms. The van der Waals surface area contributed by atoms with Gasteiger partial charge in [0.2, 0.25) is 5.88 Å². The van der Waals surface area contributed by atoms with Gasteiger partial charge < -0.3 is 4.74 Å². The predicted molar refractivity (Wildman–Crippen MR) is 56.3 cm³/mol. The van der Waals surface area contributed by atoms with Crippen LogP contribution in [0.4, 0.5) is 8.78 Å². The van der Waals surface area contributed by atoms with Crippen LogP contribution in [-0.2, 0) is 0 Å². The van der Waals surface area contributed by atoms with Gasteiger partial charge in [-0.3, -0.25) is 0 Å². The Balaban J connectivity index is 2.29. The Morgan fingerprint density at radius 2 is 1.75 bits per heavy atom. The Labute approximate surface area is 91.5 Å². The van der Waals surface area contributed by atoms with E-state index in [0.717, 1.165) is 11.1 Å². The van der Waals surface area contributed by atoms with Crippen LogP contribution in [0.2, 0.25) is 0 Å². The van der Waals surface area contributed by atoms with Crippen LogP contribution in [-0.4, -0.2) is 11.6 Å². The zero-order valence-electron chi connectivity index (χ0n) is 8.31. The summed E-state index contributed by atoms with van der Waals surface area (Å²) in [6.07, 6.45) is 1.44. The van der Waals surface area contributed by atoms with Crippen LogP contribution in [0.15, 0.2) is 48.7 Å². The molecule has 0 saturated heterocycles. The molecule has 0 radical (unpaired) electrons. The number of hydrogen-bond donors (Lipinski definition) is 0. The maximum Gasteiger partial charge on any atom is 0.388 e. The van der Waals surface area contributed by atoms with Crippen molar-refractivity contribution in [3.05, 3.63) is 48.7 Å². The molecule has 82 valence electrons. The third-order valence-electron chi connectivity index (χ3n) is 2.05. The second-order valence-electron chi connectivity index (χ2n) is 3.13. The summed E-state index contributed by atoms with van der Waals surface area (Å²) in [5, 5.41) is 0. The summed E-state index contributed by atoms with van der Waals surface area (Å²) in [6.45, 7) is -2.85. The number of ether oxygens (including phenoxy) is 1. The average Bonchev–Trinajstić information content (AvgIpc) is 2.30. The maximum atomic E-state index is 12.0. The number of nitrogens with zero attached hydrogens (tertiary/aromatic N) is 1. The van der Waals surface area contributed by atoms with Crippen LogP contribution in [0, 0.1) is 0 Å². The summed E-state index contributed by atoms with van der Waals surface area (Å²) >= 11 is 0. The van der Waals surface area contributed by atoms with Crippen molar-refractivity contribution in [1.82, 2.24) is 4.98 Å². The molecular weight excluding hydrogens is 212 g/mol. The minimum atomic E-state index is -2.85. The minimum absolute atomic E-state index is 0.0728. The second-order valence-corrected chi connectivity index (χ2v) is 3.13. The number of benzene rings is 1. The average molecular weight is 221 g/mol. The van der Waals surface area contributed by atoms with Gasteiger partial charge in [0.15, 0.2) is 0 Å². The lowest BCUT2D eigenvalue weighted by Gasteiger charge is -2.05. The molecule has 0 atom stereocenters. The molecule has 0 aliphatic carbocycles. The van der Waals surface area contributed by atoms with Crippen LogP contribution < -0.4 is 4.74 Å². The topological polar surface area (TPSA) is 22.1 Å². The molecule has 16 heavy (non-hydrogen) atoms. The van der Waals surface area contributed by atoms with E-state index in [4.69, 9.17) is 0 Å². The molecule has 0 N–H and O–H groups in total. The van der Waals surface area contributed by atoms with E-state index in [-0.39, 0.29) is 5.88 Å². The van der Waals surface area contributed by atoms with Gasteiger partial charge in [-0.2, -0.15) is 8.78 Å². The summed E-state index contributed by atoms with van der Waals surface area (Å²) in [5.41, 5.74) is 1.73. The fourth-order valence-corrected chi connectivity index (χ4v) is 1.38. The highest BCUT2D eigenvalue weighted by Crippen LogP contribution is 2.22. The Kier molecular flexibility index (Phi) is 3.10. The maximum absolute atomic E-state index is 12.0. The Hall–Kier alpha value is -1.97. The molecule has 0 bridgehead atoms. The largest absolute Gasteiger partial charge is 0.417 e. The molecule has 2 rings (SSSR count). The number of alkyl halides is 2. The first-order chi connectivity index (χ1) is 7.75. The van der Waals surface area contributed by atoms with E-state index >= 15 is 0 Å². The quantitative estimate of drug-likeness (QED) is 0.792. The van der Waals surface area contributed by atoms with E-state index in [0.29, 0.717) is 0 Å². The molecule has 0 fully saturated rings. The smallest absolute Gasteiger partial charge is 0.388 e. The number of hydrogen-bond acceptors (Lipinski definition) is 2. The number of rotatable bonds is 3. The fraction of sp³-hybridized carbons (Fsp3) is 0.0833. The molecule has 4 heteroatoms. The second kappa shape index (κ2) is 4.70. The fourth-order valence-electron chi connectivity index (χ4n) is 1.38. The lowest BCUT2D eigenvalue weighted by atomic mass is 10.1. The number of halogens is 2. The Bertz CT molecular complexity index is 460. The first kappa shape index (κ1) is 10.5. The van der Waals surface area contributed by atoms with Gasteiger partial charge in [-0.15, -0.1) is 0 Å². The van der Waals surface area contributed by atoms with Gasteiger partial charge in [0, 0.05) is 12.3 Å². The Morgan fingerprint density at radius 3 is 2.44 bits per heavy atom. The van der Waals surface area contributed by atoms with Gasteiger partial charge >= 0.3 is 6.61 Å². The minimum Gasteiger partial charge on any atom is -0.417 e. The molecule has 2 nitrogen and oxygen atoms in total. The molecule has 0 aliphatic rings. The first-order valence-electron chi connectivity index (χ1n) is 4.72. The van der Waals surface area contributed by atoms with Crippen molar-refractivity contribution < 1.29 is 13.5 Å². The third kappa shape index (κ3) is 2.53. The first-order valence-corrected chi connectivity index (χ1v) is 4.72. The molecule has 0 amide bonds. The molecule has 1 heterocycles. The molecule has 1 aromatic carbocycles. The highest BCUT2D eigenvalue weighted by Gasteiger charge is 2.06. The van der Waals surface area contributed by atoms with E-state index in [2.05, 4.69) is 9.72 Å². The number of pyridine rings is 1. The van der Waals surface area contributed by atoms with Crippen LogP contribution in [0.5, 0.6) is 5.88 Å². The van der Waals surface area contributed by atoms with Gasteiger partial charge in [0.05, 0.1) is 0 Å². The molecule has 2 aromatic rings. The molecule has 0 saturated carbocycles. The van der Waals surface area contributed by atoms with Gasteiger partial charge in [-0.25, -0.2) is 4.98 Å². The van der Waals surface area contributed by atoms with E-state index in [1.807, 2.05) is 30.3 Å². The summed E-state index contributed by atoms with van der Waals surface area (Å²) < 4.78 is 28.2. The molecular formula is C12H9F2NO. The van der Waals surface area contributed by atoms with Gasteiger partial charge in [-0.05, 0) is 17.2 Å². The monoisotopic (exact) mass is 221 g/mol. The highest BCUT2D eigenvalue weighted by atomic mass is 19.3. The van der Waals surface area contributed by atoms with Crippen molar-refractivity contribution in [2.45, 2.75) is 6.61 Å². The van der Waals surface area contributed by atoms with Crippen molar-refractivity contribution in [3.63, 3.8) is 0 Å². The standard InChI is InChI=1S/C12H9F2NO/c13-12(14)16-11-8-10(6-7-15-11)9-4-2-1-3-5-9/h1-8,12H. The van der Waals surface area contributed by atoms with Crippen molar-refractivity contribution in [1.29, 1.82) is 0 Å². The molecule has 1 aromatic heterocycles. The van der Waals surface area contributed by atoms with Crippen LogP contribution >= 0.6 is 0 Å². The zero-order chi connectivity index (χ0) is 11.4. The van der Waals surface area contributed by atoms with Gasteiger partial charge in [0.25, 0.3) is 0 Å². The third-order valence-corrected chi connectivity index (χ3v) is 2.05. The summed E-state index contributed by atoms with van der Waals surface area (Å²) in [7, 11) is 0. The van der Waals surface area contributed by atoms with Crippen molar-refractivity contribution in [3.8, 4) is 17.0 Å². The highest BCUT2D eigenvalue weighted by molar-refractivity contribution is 5.63. The lowest BCUT2D eigenvalue weighted by molar-refractivity contribution is -0.0528. The van der Waals surface area contributed by atoms with Gasteiger partial charge in [0.1, 0.15) is 0 Å². The number of aromatic nitrogens is 1. The van der Waals surface area contributed by atoms with Crippen LogP contribution in [0.25, 0.3) is 11.1 Å². The van der Waals surface area contributed by atoms with E-state index in [1.54, 1.807) is 6.07 Å².